The number of amides is 2. The van der Waals surface area contributed by atoms with Gasteiger partial charge in [0, 0.05) is 25.0 Å². The molecule has 1 aliphatic heterocycles. The number of benzene rings is 1. The summed E-state index contributed by atoms with van der Waals surface area (Å²) in [5.41, 5.74) is 1.25. The first kappa shape index (κ1) is 16.2. The van der Waals surface area contributed by atoms with Gasteiger partial charge < -0.3 is 14.0 Å². The molecule has 2 aromatic rings. The summed E-state index contributed by atoms with van der Waals surface area (Å²) in [5, 5.41) is -0.357. The zero-order chi connectivity index (χ0) is 17.3. The van der Waals surface area contributed by atoms with Crippen molar-refractivity contribution in [2.75, 3.05) is 19.1 Å². The fourth-order valence-electron chi connectivity index (χ4n) is 2.40. The van der Waals surface area contributed by atoms with Crippen molar-refractivity contribution in [1.29, 1.82) is 0 Å². The Balaban J connectivity index is 1.98. The lowest BCUT2D eigenvalue weighted by Gasteiger charge is -2.16. The van der Waals surface area contributed by atoms with Crippen LogP contribution in [0.3, 0.4) is 0 Å². The van der Waals surface area contributed by atoms with E-state index in [4.69, 9.17) is 9.47 Å². The maximum absolute atomic E-state index is 12.7. The molecule has 0 aliphatic carbocycles. The van der Waals surface area contributed by atoms with Gasteiger partial charge in [-0.15, -0.1) is 0 Å². The molecule has 1 aromatic carbocycles. The molecule has 2 amide bonds. The number of hydrogen-bond acceptors (Lipinski definition) is 5. The number of aryl methyl sites for hydroxylation is 1. The molecule has 7 heteroatoms. The minimum absolute atomic E-state index is 0.357. The van der Waals surface area contributed by atoms with Gasteiger partial charge in [0.05, 0.1) is 24.8 Å². The van der Waals surface area contributed by atoms with Gasteiger partial charge in [0.15, 0.2) is 0 Å². The Bertz CT molecular complexity index is 841. The van der Waals surface area contributed by atoms with Gasteiger partial charge in [0.2, 0.25) is 0 Å². The SMILES string of the molecule is COc1ccc(N2C(=O)S/C(=C/c3cccn3C)C2=O)c(OC)c1. The van der Waals surface area contributed by atoms with Crippen LogP contribution in [0.2, 0.25) is 0 Å². The molecule has 0 unspecified atom stereocenters. The maximum atomic E-state index is 12.7. The number of thioether (sulfide) groups is 1. The molecule has 0 atom stereocenters. The van der Waals surface area contributed by atoms with Crippen molar-refractivity contribution in [3.8, 4) is 11.5 Å². The third-order valence-electron chi connectivity index (χ3n) is 3.68. The first-order chi connectivity index (χ1) is 11.5. The molecular weight excluding hydrogens is 328 g/mol. The van der Waals surface area contributed by atoms with Crippen LogP contribution in [0.15, 0.2) is 41.4 Å². The van der Waals surface area contributed by atoms with Gasteiger partial charge >= 0.3 is 0 Å². The second-order valence-corrected chi connectivity index (χ2v) is 6.09. The summed E-state index contributed by atoms with van der Waals surface area (Å²) in [6.07, 6.45) is 3.59. The monoisotopic (exact) mass is 344 g/mol. The van der Waals surface area contributed by atoms with Crippen molar-refractivity contribution in [3.63, 3.8) is 0 Å². The highest BCUT2D eigenvalue weighted by Gasteiger charge is 2.38. The van der Waals surface area contributed by atoms with Crippen LogP contribution in [-0.2, 0) is 11.8 Å². The molecule has 0 bridgehead atoms. The van der Waals surface area contributed by atoms with Crippen molar-refractivity contribution in [1.82, 2.24) is 4.57 Å². The van der Waals surface area contributed by atoms with Crippen molar-refractivity contribution in [3.05, 3.63) is 47.1 Å². The van der Waals surface area contributed by atoms with E-state index in [1.165, 1.54) is 14.2 Å². The van der Waals surface area contributed by atoms with E-state index in [0.29, 0.717) is 22.1 Å². The van der Waals surface area contributed by atoms with Gasteiger partial charge in [0.1, 0.15) is 11.5 Å². The predicted molar refractivity (Wildman–Crippen MR) is 93.4 cm³/mol. The first-order valence-corrected chi connectivity index (χ1v) is 7.98. The second kappa shape index (κ2) is 6.45. The number of nitrogens with zero attached hydrogens (tertiary/aromatic N) is 2. The number of carbonyl (C=O) groups excluding carboxylic acids is 2. The Labute approximate surface area is 143 Å². The van der Waals surface area contributed by atoms with Gasteiger partial charge in [-0.25, -0.2) is 4.90 Å². The van der Waals surface area contributed by atoms with Crippen LogP contribution in [0.1, 0.15) is 5.69 Å². The summed E-state index contributed by atoms with van der Waals surface area (Å²) in [6.45, 7) is 0. The molecular formula is C17H16N2O4S. The summed E-state index contributed by atoms with van der Waals surface area (Å²) < 4.78 is 12.3. The van der Waals surface area contributed by atoms with E-state index in [9.17, 15) is 9.59 Å². The van der Waals surface area contributed by atoms with Gasteiger partial charge in [-0.2, -0.15) is 0 Å². The fraction of sp³-hybridized carbons (Fsp3) is 0.176. The second-order valence-electron chi connectivity index (χ2n) is 5.10. The van der Waals surface area contributed by atoms with Crippen LogP contribution in [-0.4, -0.2) is 29.9 Å². The summed E-state index contributed by atoms with van der Waals surface area (Å²) in [6, 6.07) is 8.71. The standard InChI is InChI=1S/C17H16N2O4S/c1-18-8-4-5-11(18)9-15-16(20)19(17(21)24-15)13-7-6-12(22-2)10-14(13)23-3/h4-10H,1-3H3/b15-9+. The largest absolute Gasteiger partial charge is 0.497 e. The highest BCUT2D eigenvalue weighted by molar-refractivity contribution is 8.19. The zero-order valence-electron chi connectivity index (χ0n) is 13.5. The minimum atomic E-state index is -0.366. The molecule has 3 rings (SSSR count). The Morgan fingerprint density at radius 2 is 1.92 bits per heavy atom. The Kier molecular flexibility index (Phi) is 4.35. The molecule has 0 saturated carbocycles. The molecule has 0 spiro atoms. The molecule has 1 aromatic heterocycles. The molecule has 2 heterocycles. The third kappa shape index (κ3) is 2.78. The van der Waals surface area contributed by atoms with Crippen LogP contribution >= 0.6 is 11.8 Å². The van der Waals surface area contributed by atoms with E-state index < -0.39 is 0 Å². The number of anilines is 1. The molecule has 1 fully saturated rings. The number of rotatable bonds is 4. The number of ether oxygens (including phenoxy) is 2. The van der Waals surface area contributed by atoms with Crippen LogP contribution < -0.4 is 14.4 Å². The van der Waals surface area contributed by atoms with E-state index in [1.807, 2.05) is 29.9 Å². The van der Waals surface area contributed by atoms with E-state index in [0.717, 1.165) is 22.4 Å². The van der Waals surface area contributed by atoms with Crippen molar-refractivity contribution >= 4 is 34.7 Å². The highest BCUT2D eigenvalue weighted by atomic mass is 32.2. The van der Waals surface area contributed by atoms with E-state index in [1.54, 1.807) is 24.3 Å². The number of methoxy groups -OCH3 is 2. The van der Waals surface area contributed by atoms with Crippen molar-refractivity contribution in [2.24, 2.45) is 7.05 Å². The molecule has 1 saturated heterocycles. The van der Waals surface area contributed by atoms with Crippen LogP contribution in [0.5, 0.6) is 11.5 Å². The fourth-order valence-corrected chi connectivity index (χ4v) is 3.22. The number of carbonyl (C=O) groups is 2. The van der Waals surface area contributed by atoms with E-state index in [2.05, 4.69) is 0 Å². The summed E-state index contributed by atoms with van der Waals surface area (Å²) >= 11 is 0.911. The topological polar surface area (TPSA) is 60.8 Å². The van der Waals surface area contributed by atoms with Crippen LogP contribution in [0.4, 0.5) is 10.5 Å². The van der Waals surface area contributed by atoms with Gasteiger partial charge in [0.25, 0.3) is 11.1 Å². The number of hydrogen-bond donors (Lipinski definition) is 0. The molecule has 124 valence electrons. The Hall–Kier alpha value is -2.67. The summed E-state index contributed by atoms with van der Waals surface area (Å²) in [7, 11) is 4.90. The van der Waals surface area contributed by atoms with Crippen molar-refractivity contribution in [2.45, 2.75) is 0 Å². The summed E-state index contributed by atoms with van der Waals surface area (Å²) in [5.74, 6) is 0.619. The maximum Gasteiger partial charge on any atom is 0.298 e. The smallest absolute Gasteiger partial charge is 0.298 e. The van der Waals surface area contributed by atoms with Gasteiger partial charge in [-0.1, -0.05) is 0 Å². The molecule has 24 heavy (non-hydrogen) atoms. The molecule has 0 radical (unpaired) electrons. The lowest BCUT2D eigenvalue weighted by molar-refractivity contribution is -0.113. The average molecular weight is 344 g/mol. The molecule has 0 N–H and O–H groups in total. The Morgan fingerprint density at radius 3 is 2.54 bits per heavy atom. The lowest BCUT2D eigenvalue weighted by atomic mass is 10.2. The lowest BCUT2D eigenvalue weighted by Crippen LogP contribution is -2.28. The molecule has 1 aliphatic rings. The van der Waals surface area contributed by atoms with Gasteiger partial charge in [-0.3, -0.25) is 9.59 Å². The number of imide groups is 1. The first-order valence-electron chi connectivity index (χ1n) is 7.16. The zero-order valence-corrected chi connectivity index (χ0v) is 14.3. The molecule has 6 nitrogen and oxygen atoms in total. The van der Waals surface area contributed by atoms with E-state index in [-0.39, 0.29) is 11.1 Å². The highest BCUT2D eigenvalue weighted by Crippen LogP contribution is 2.40. The van der Waals surface area contributed by atoms with Crippen molar-refractivity contribution < 1.29 is 19.1 Å². The number of aromatic nitrogens is 1. The predicted octanol–water partition coefficient (Wildman–Crippen LogP) is 3.28. The Morgan fingerprint density at radius 1 is 1.12 bits per heavy atom. The normalized spacial score (nSPS) is 16.1. The summed E-state index contributed by atoms with van der Waals surface area (Å²) in [4.78, 5) is 26.6. The third-order valence-corrected chi connectivity index (χ3v) is 4.55. The van der Waals surface area contributed by atoms with Gasteiger partial charge in [-0.05, 0) is 42.1 Å². The van der Waals surface area contributed by atoms with Crippen LogP contribution in [0, 0.1) is 0 Å². The average Bonchev–Trinajstić information content (AvgIpc) is 3.11. The quantitative estimate of drug-likeness (QED) is 0.797. The minimum Gasteiger partial charge on any atom is -0.497 e. The van der Waals surface area contributed by atoms with E-state index >= 15 is 0 Å². The van der Waals surface area contributed by atoms with Crippen LogP contribution in [0.25, 0.3) is 6.08 Å².